The molecule has 0 unspecified atom stereocenters. The van der Waals surface area contributed by atoms with Gasteiger partial charge < -0.3 is 5.32 Å². The minimum absolute atomic E-state index is 0.684. The monoisotopic (exact) mass is 215 g/mol. The van der Waals surface area contributed by atoms with Crippen molar-refractivity contribution in [2.45, 2.75) is 38.1 Å². The minimum atomic E-state index is 0.684. The van der Waals surface area contributed by atoms with Crippen molar-refractivity contribution in [1.82, 2.24) is 0 Å². The molecule has 1 N–H and O–H groups in total. The van der Waals surface area contributed by atoms with Crippen molar-refractivity contribution in [2.24, 2.45) is 0 Å². The van der Waals surface area contributed by atoms with Gasteiger partial charge in [-0.05, 0) is 25.0 Å². The lowest BCUT2D eigenvalue weighted by molar-refractivity contribution is 0.463. The predicted molar refractivity (Wildman–Crippen MR) is 59.8 cm³/mol. The van der Waals surface area contributed by atoms with E-state index in [2.05, 4.69) is 11.4 Å². The van der Waals surface area contributed by atoms with E-state index < -0.39 is 0 Å². The molecule has 1 nitrogen and oxygen atoms in total. The number of hydrogen-bond donors (Lipinski definition) is 1. The largest absolute Gasteiger partial charge is 0.374 e. The van der Waals surface area contributed by atoms with E-state index in [1.54, 1.807) is 11.3 Å². The van der Waals surface area contributed by atoms with Crippen LogP contribution in [-0.4, -0.2) is 6.04 Å². The third-order valence-electron chi connectivity index (χ3n) is 2.52. The van der Waals surface area contributed by atoms with Crippen molar-refractivity contribution in [3.8, 4) is 0 Å². The second-order valence-corrected chi connectivity index (χ2v) is 5.30. The molecule has 0 spiro atoms. The van der Waals surface area contributed by atoms with Crippen LogP contribution in [0.3, 0.4) is 0 Å². The smallest absolute Gasteiger partial charge is 0.0950 e. The van der Waals surface area contributed by atoms with Crippen LogP contribution in [0, 0.1) is 0 Å². The number of halogens is 1. The molecule has 1 fully saturated rings. The molecule has 1 aliphatic rings. The third kappa shape index (κ3) is 2.61. The highest BCUT2D eigenvalue weighted by atomic mass is 35.5. The van der Waals surface area contributed by atoms with Crippen LogP contribution in [-0.2, 0) is 0 Å². The molecule has 1 saturated carbocycles. The van der Waals surface area contributed by atoms with E-state index in [0.717, 1.165) is 4.34 Å². The summed E-state index contributed by atoms with van der Waals surface area (Å²) in [5.41, 5.74) is 0. The van der Waals surface area contributed by atoms with Crippen LogP contribution in [0.25, 0.3) is 0 Å². The molecular weight excluding hydrogens is 202 g/mol. The van der Waals surface area contributed by atoms with Crippen LogP contribution < -0.4 is 5.32 Å². The van der Waals surface area contributed by atoms with Gasteiger partial charge in [-0.1, -0.05) is 30.9 Å². The number of hydrogen-bond acceptors (Lipinski definition) is 2. The van der Waals surface area contributed by atoms with Gasteiger partial charge in [-0.15, -0.1) is 11.3 Å². The summed E-state index contributed by atoms with van der Waals surface area (Å²) in [5.74, 6) is 0. The Morgan fingerprint density at radius 2 is 2.00 bits per heavy atom. The Morgan fingerprint density at radius 1 is 1.23 bits per heavy atom. The third-order valence-corrected chi connectivity index (χ3v) is 3.69. The fraction of sp³-hybridized carbons (Fsp3) is 0.600. The van der Waals surface area contributed by atoms with Gasteiger partial charge in [-0.3, -0.25) is 0 Å². The Kier molecular flexibility index (Phi) is 3.12. The fourth-order valence-corrected chi connectivity index (χ4v) is 2.86. The zero-order valence-corrected chi connectivity index (χ0v) is 9.13. The first-order valence-corrected chi connectivity index (χ1v) is 6.06. The van der Waals surface area contributed by atoms with E-state index in [4.69, 9.17) is 11.6 Å². The van der Waals surface area contributed by atoms with Crippen LogP contribution in [0.4, 0.5) is 5.00 Å². The van der Waals surface area contributed by atoms with Gasteiger partial charge in [0.2, 0.25) is 0 Å². The highest BCUT2D eigenvalue weighted by Gasteiger charge is 2.13. The summed E-state index contributed by atoms with van der Waals surface area (Å²) in [6.45, 7) is 0. The van der Waals surface area contributed by atoms with E-state index in [1.165, 1.54) is 37.1 Å². The molecule has 3 heteroatoms. The Labute approximate surface area is 88.1 Å². The van der Waals surface area contributed by atoms with Crippen molar-refractivity contribution in [3.05, 3.63) is 16.5 Å². The van der Waals surface area contributed by atoms with Crippen LogP contribution in [0.5, 0.6) is 0 Å². The maximum atomic E-state index is 5.86. The Hall–Kier alpha value is -0.210. The molecule has 72 valence electrons. The highest BCUT2D eigenvalue weighted by Crippen LogP contribution is 2.29. The van der Waals surface area contributed by atoms with Crippen LogP contribution in [0.2, 0.25) is 4.34 Å². The molecule has 1 aromatic heterocycles. The summed E-state index contributed by atoms with van der Waals surface area (Å²) in [6, 6.07) is 4.71. The Morgan fingerprint density at radius 3 is 2.62 bits per heavy atom. The maximum absolute atomic E-state index is 5.86. The molecule has 2 rings (SSSR count). The van der Waals surface area contributed by atoms with Gasteiger partial charge in [0.1, 0.15) is 0 Å². The van der Waals surface area contributed by atoms with Crippen molar-refractivity contribution >= 4 is 27.9 Å². The molecule has 0 saturated heterocycles. The summed E-state index contributed by atoms with van der Waals surface area (Å²) in [5, 5.41) is 4.76. The van der Waals surface area contributed by atoms with Gasteiger partial charge in [0.25, 0.3) is 0 Å². The first kappa shape index (κ1) is 9.35. The van der Waals surface area contributed by atoms with E-state index in [1.807, 2.05) is 6.07 Å². The van der Waals surface area contributed by atoms with Crippen LogP contribution in [0.1, 0.15) is 32.1 Å². The maximum Gasteiger partial charge on any atom is 0.0950 e. The second kappa shape index (κ2) is 4.34. The molecule has 1 heterocycles. The van der Waals surface area contributed by atoms with Gasteiger partial charge >= 0.3 is 0 Å². The molecule has 0 aliphatic heterocycles. The summed E-state index contributed by atoms with van der Waals surface area (Å²) in [7, 11) is 0. The Balaban J connectivity index is 1.89. The van der Waals surface area contributed by atoms with Crippen molar-refractivity contribution < 1.29 is 0 Å². The highest BCUT2D eigenvalue weighted by molar-refractivity contribution is 7.19. The Bertz CT molecular complexity index is 266. The van der Waals surface area contributed by atoms with Gasteiger partial charge in [-0.2, -0.15) is 0 Å². The summed E-state index contributed by atoms with van der Waals surface area (Å²) in [4.78, 5) is 0. The van der Waals surface area contributed by atoms with Gasteiger partial charge in [0.05, 0.1) is 9.34 Å². The number of nitrogens with one attached hydrogen (secondary N) is 1. The van der Waals surface area contributed by atoms with Crippen molar-refractivity contribution in [3.63, 3.8) is 0 Å². The van der Waals surface area contributed by atoms with E-state index in [9.17, 15) is 0 Å². The molecule has 1 aromatic rings. The summed E-state index contributed by atoms with van der Waals surface area (Å²) >= 11 is 7.49. The van der Waals surface area contributed by atoms with Crippen LogP contribution in [0.15, 0.2) is 12.1 Å². The molecule has 1 aliphatic carbocycles. The lowest BCUT2D eigenvalue weighted by Gasteiger charge is -2.22. The first-order chi connectivity index (χ1) is 6.34. The van der Waals surface area contributed by atoms with Gasteiger partial charge in [-0.25, -0.2) is 0 Å². The molecule has 0 aromatic carbocycles. The molecule has 0 amide bonds. The van der Waals surface area contributed by atoms with E-state index >= 15 is 0 Å². The zero-order valence-electron chi connectivity index (χ0n) is 7.55. The predicted octanol–water partition coefficient (Wildman–Crippen LogP) is 4.15. The van der Waals surface area contributed by atoms with Crippen molar-refractivity contribution in [1.29, 1.82) is 0 Å². The number of thiophene rings is 1. The standard InChI is InChI=1S/C10H14ClNS/c11-9-6-7-10(13-9)12-8-4-2-1-3-5-8/h6-8,12H,1-5H2. The molecule has 13 heavy (non-hydrogen) atoms. The van der Waals surface area contributed by atoms with E-state index in [-0.39, 0.29) is 0 Å². The van der Waals surface area contributed by atoms with E-state index in [0.29, 0.717) is 6.04 Å². The van der Waals surface area contributed by atoms with Crippen molar-refractivity contribution in [2.75, 3.05) is 5.32 Å². The molecular formula is C10H14ClNS. The second-order valence-electron chi connectivity index (χ2n) is 3.58. The molecule has 0 atom stereocenters. The summed E-state index contributed by atoms with van der Waals surface area (Å²) in [6.07, 6.45) is 6.78. The van der Waals surface area contributed by atoms with Crippen LogP contribution >= 0.6 is 22.9 Å². The average Bonchev–Trinajstić information content (AvgIpc) is 2.53. The lowest BCUT2D eigenvalue weighted by Crippen LogP contribution is -2.21. The molecule has 0 radical (unpaired) electrons. The normalized spacial score (nSPS) is 18.8. The number of anilines is 1. The fourth-order valence-electron chi connectivity index (χ4n) is 1.84. The molecule has 0 bridgehead atoms. The topological polar surface area (TPSA) is 12.0 Å². The number of rotatable bonds is 2. The quantitative estimate of drug-likeness (QED) is 0.782. The lowest BCUT2D eigenvalue weighted by atomic mass is 9.96. The SMILES string of the molecule is Clc1ccc(NC2CCCCC2)s1. The summed E-state index contributed by atoms with van der Waals surface area (Å²) < 4.78 is 0.873. The first-order valence-electron chi connectivity index (χ1n) is 4.86. The zero-order chi connectivity index (χ0) is 9.10. The average molecular weight is 216 g/mol. The van der Waals surface area contributed by atoms with Gasteiger partial charge in [0, 0.05) is 6.04 Å². The van der Waals surface area contributed by atoms with Gasteiger partial charge in [0.15, 0.2) is 0 Å². The minimum Gasteiger partial charge on any atom is -0.374 e.